The molecule has 0 aliphatic rings. The van der Waals surface area contributed by atoms with E-state index in [1.807, 2.05) is 0 Å². The third-order valence-electron chi connectivity index (χ3n) is 3.63. The molecule has 0 amide bonds. The standard InChI is InChI=1S/C16H10O6/c1-20-7-2-3-8-12(4-7)21-15-9-5-10(17)11(18)6-13(9)22-16(19)14(8)15/h2-6,17-18H,1H3. The van der Waals surface area contributed by atoms with E-state index in [2.05, 4.69) is 0 Å². The van der Waals surface area contributed by atoms with Gasteiger partial charge in [0, 0.05) is 17.5 Å². The van der Waals surface area contributed by atoms with Crippen LogP contribution in [0.1, 0.15) is 0 Å². The second kappa shape index (κ2) is 4.17. The smallest absolute Gasteiger partial charge is 0.348 e. The fourth-order valence-corrected chi connectivity index (χ4v) is 2.57. The number of hydrogen-bond donors (Lipinski definition) is 2. The van der Waals surface area contributed by atoms with Crippen molar-refractivity contribution in [3.05, 3.63) is 40.8 Å². The summed E-state index contributed by atoms with van der Waals surface area (Å²) in [4.78, 5) is 12.2. The van der Waals surface area contributed by atoms with Gasteiger partial charge in [-0.2, -0.15) is 0 Å². The first-order valence-corrected chi connectivity index (χ1v) is 6.47. The molecule has 4 aromatic rings. The van der Waals surface area contributed by atoms with Crippen molar-refractivity contribution in [2.24, 2.45) is 0 Å². The first-order valence-electron chi connectivity index (χ1n) is 6.47. The van der Waals surface area contributed by atoms with Gasteiger partial charge in [0.05, 0.1) is 12.5 Å². The maximum Gasteiger partial charge on any atom is 0.348 e. The van der Waals surface area contributed by atoms with Crippen molar-refractivity contribution < 1.29 is 23.8 Å². The van der Waals surface area contributed by atoms with E-state index in [-0.39, 0.29) is 22.5 Å². The van der Waals surface area contributed by atoms with E-state index in [0.717, 1.165) is 0 Å². The van der Waals surface area contributed by atoms with E-state index >= 15 is 0 Å². The number of phenols is 2. The molecule has 0 atom stereocenters. The molecule has 0 aliphatic carbocycles. The predicted molar refractivity (Wildman–Crippen MR) is 79.6 cm³/mol. The molecule has 0 aliphatic heterocycles. The Morgan fingerprint density at radius 3 is 2.45 bits per heavy atom. The first kappa shape index (κ1) is 12.6. The Morgan fingerprint density at radius 2 is 1.68 bits per heavy atom. The molecule has 0 radical (unpaired) electrons. The predicted octanol–water partition coefficient (Wildman–Crippen LogP) is 3.11. The van der Waals surface area contributed by atoms with Crippen LogP contribution in [0.15, 0.2) is 44.0 Å². The third-order valence-corrected chi connectivity index (χ3v) is 3.63. The molecule has 2 N–H and O–H groups in total. The van der Waals surface area contributed by atoms with Crippen LogP contribution in [-0.2, 0) is 0 Å². The Balaban J connectivity index is 2.25. The maximum atomic E-state index is 12.2. The fraction of sp³-hybridized carbons (Fsp3) is 0.0625. The van der Waals surface area contributed by atoms with E-state index in [1.165, 1.54) is 19.2 Å². The van der Waals surface area contributed by atoms with Gasteiger partial charge in [0.1, 0.15) is 22.3 Å². The Hall–Kier alpha value is -3.15. The second-order valence-electron chi connectivity index (χ2n) is 4.89. The van der Waals surface area contributed by atoms with E-state index in [4.69, 9.17) is 13.6 Å². The first-order chi connectivity index (χ1) is 10.6. The number of phenolic OH excluding ortho intramolecular Hbond substituents is 2. The van der Waals surface area contributed by atoms with Gasteiger partial charge in [-0.25, -0.2) is 4.79 Å². The minimum Gasteiger partial charge on any atom is -0.504 e. The average molecular weight is 298 g/mol. The van der Waals surface area contributed by atoms with Crippen molar-refractivity contribution >= 4 is 32.9 Å². The lowest BCUT2D eigenvalue weighted by Crippen LogP contribution is -1.98. The summed E-state index contributed by atoms with van der Waals surface area (Å²) < 4.78 is 16.1. The molecule has 0 fully saturated rings. The van der Waals surface area contributed by atoms with Crippen LogP contribution in [-0.4, -0.2) is 17.3 Å². The summed E-state index contributed by atoms with van der Waals surface area (Å²) >= 11 is 0. The lowest BCUT2D eigenvalue weighted by atomic mass is 10.1. The highest BCUT2D eigenvalue weighted by Crippen LogP contribution is 2.37. The average Bonchev–Trinajstić information content (AvgIpc) is 2.88. The normalized spacial score (nSPS) is 11.5. The maximum absolute atomic E-state index is 12.2. The van der Waals surface area contributed by atoms with E-state index < -0.39 is 5.63 Å². The van der Waals surface area contributed by atoms with Crippen LogP contribution in [0.25, 0.3) is 32.9 Å². The lowest BCUT2D eigenvalue weighted by molar-refractivity contribution is 0.403. The molecule has 2 aromatic carbocycles. The molecular formula is C16H10O6. The molecule has 4 rings (SSSR count). The number of furan rings is 1. The van der Waals surface area contributed by atoms with Gasteiger partial charge in [-0.1, -0.05) is 0 Å². The number of ether oxygens (including phenoxy) is 1. The summed E-state index contributed by atoms with van der Waals surface area (Å²) in [6, 6.07) is 7.58. The van der Waals surface area contributed by atoms with E-state index in [1.54, 1.807) is 18.2 Å². The Morgan fingerprint density at radius 1 is 0.955 bits per heavy atom. The third kappa shape index (κ3) is 1.57. The minimum atomic E-state index is -0.573. The molecule has 0 bridgehead atoms. The van der Waals surface area contributed by atoms with Crippen LogP contribution in [0.5, 0.6) is 17.2 Å². The number of hydrogen-bond acceptors (Lipinski definition) is 6. The van der Waals surface area contributed by atoms with Crippen LogP contribution in [0.4, 0.5) is 0 Å². The number of rotatable bonds is 1. The molecule has 0 saturated carbocycles. The molecule has 6 nitrogen and oxygen atoms in total. The monoisotopic (exact) mass is 298 g/mol. The van der Waals surface area contributed by atoms with Crippen molar-refractivity contribution in [2.75, 3.05) is 7.11 Å². The molecule has 6 heteroatoms. The van der Waals surface area contributed by atoms with Gasteiger partial charge < -0.3 is 23.8 Å². The summed E-state index contributed by atoms with van der Waals surface area (Å²) in [5.41, 5.74) is 0.335. The molecule has 2 heterocycles. The SMILES string of the molecule is COc1ccc2c(c1)oc1c3cc(O)c(O)cc3oc(=O)c21. The fourth-order valence-electron chi connectivity index (χ4n) is 2.57. The zero-order chi connectivity index (χ0) is 15.4. The Kier molecular flexibility index (Phi) is 2.39. The quantitative estimate of drug-likeness (QED) is 0.414. The number of aromatic hydroxyl groups is 2. The van der Waals surface area contributed by atoms with Crippen molar-refractivity contribution in [1.82, 2.24) is 0 Å². The number of methoxy groups -OCH3 is 1. The second-order valence-corrected chi connectivity index (χ2v) is 4.89. The topological polar surface area (TPSA) is 93.0 Å². The van der Waals surface area contributed by atoms with Gasteiger partial charge in [0.15, 0.2) is 17.1 Å². The minimum absolute atomic E-state index is 0.138. The summed E-state index contributed by atoms with van der Waals surface area (Å²) in [6.07, 6.45) is 0. The number of fused-ring (bicyclic) bond motifs is 5. The molecule has 0 saturated heterocycles. The Bertz CT molecular complexity index is 1100. The van der Waals surface area contributed by atoms with Gasteiger partial charge in [0.2, 0.25) is 0 Å². The molecule has 22 heavy (non-hydrogen) atoms. The van der Waals surface area contributed by atoms with E-state index in [0.29, 0.717) is 27.7 Å². The van der Waals surface area contributed by atoms with Crippen molar-refractivity contribution in [1.29, 1.82) is 0 Å². The molecule has 0 unspecified atom stereocenters. The van der Waals surface area contributed by atoms with Crippen LogP contribution in [0.3, 0.4) is 0 Å². The van der Waals surface area contributed by atoms with Gasteiger partial charge in [-0.05, 0) is 18.2 Å². The highest BCUT2D eigenvalue weighted by Gasteiger charge is 2.18. The molecular weight excluding hydrogens is 288 g/mol. The molecule has 0 spiro atoms. The zero-order valence-corrected chi connectivity index (χ0v) is 11.4. The van der Waals surface area contributed by atoms with Crippen LogP contribution in [0, 0.1) is 0 Å². The van der Waals surface area contributed by atoms with Gasteiger partial charge >= 0.3 is 5.63 Å². The van der Waals surface area contributed by atoms with Gasteiger partial charge in [-0.15, -0.1) is 0 Å². The van der Waals surface area contributed by atoms with Crippen molar-refractivity contribution in [2.45, 2.75) is 0 Å². The molecule has 110 valence electrons. The van der Waals surface area contributed by atoms with Gasteiger partial charge in [0.25, 0.3) is 0 Å². The van der Waals surface area contributed by atoms with Crippen molar-refractivity contribution in [3.63, 3.8) is 0 Å². The number of benzene rings is 2. The Labute approximate surface area is 122 Å². The summed E-state index contributed by atoms with van der Waals surface area (Å²) in [5, 5.41) is 20.5. The summed E-state index contributed by atoms with van der Waals surface area (Å²) in [7, 11) is 1.54. The van der Waals surface area contributed by atoms with Crippen LogP contribution in [0.2, 0.25) is 0 Å². The van der Waals surface area contributed by atoms with Crippen molar-refractivity contribution in [3.8, 4) is 17.2 Å². The lowest BCUT2D eigenvalue weighted by Gasteiger charge is -2.00. The summed E-state index contributed by atoms with van der Waals surface area (Å²) in [6.45, 7) is 0. The largest absolute Gasteiger partial charge is 0.504 e. The summed E-state index contributed by atoms with van der Waals surface area (Å²) in [5.74, 6) is -0.0887. The van der Waals surface area contributed by atoms with Crippen LogP contribution < -0.4 is 10.4 Å². The molecule has 2 aromatic heterocycles. The van der Waals surface area contributed by atoms with E-state index in [9.17, 15) is 15.0 Å². The highest BCUT2D eigenvalue weighted by atomic mass is 16.5. The zero-order valence-electron chi connectivity index (χ0n) is 11.4. The highest BCUT2D eigenvalue weighted by molar-refractivity contribution is 6.13. The van der Waals surface area contributed by atoms with Gasteiger partial charge in [-0.3, -0.25) is 0 Å². The van der Waals surface area contributed by atoms with Crippen LogP contribution >= 0.6 is 0 Å².